The Morgan fingerprint density at radius 3 is 2.53 bits per heavy atom. The standard InChI is InChI=1S/C25H20FNO3/c1-16(12-25(28)27-22-11-7-6-10-21(22)26)18-13-19-20(17-8-4-3-5-9-17)15-30-24(19)14-23(18)29-2/h3-15H,1-2H3,(H,27,28)/b16-12+. The maximum Gasteiger partial charge on any atom is 0.248 e. The fourth-order valence-corrected chi connectivity index (χ4v) is 3.38. The van der Waals surface area contributed by atoms with Gasteiger partial charge in [0.25, 0.3) is 0 Å². The number of furan rings is 1. The van der Waals surface area contributed by atoms with Crippen LogP contribution in [0.1, 0.15) is 12.5 Å². The zero-order valence-electron chi connectivity index (χ0n) is 16.6. The van der Waals surface area contributed by atoms with Crippen LogP contribution in [-0.4, -0.2) is 13.0 Å². The normalized spacial score (nSPS) is 11.5. The van der Waals surface area contributed by atoms with E-state index in [1.165, 1.54) is 18.2 Å². The van der Waals surface area contributed by atoms with Crippen molar-refractivity contribution >= 4 is 28.1 Å². The molecule has 1 N–H and O–H groups in total. The molecule has 4 nitrogen and oxygen atoms in total. The van der Waals surface area contributed by atoms with E-state index in [-0.39, 0.29) is 5.69 Å². The number of nitrogens with one attached hydrogen (secondary N) is 1. The van der Waals surface area contributed by atoms with Gasteiger partial charge >= 0.3 is 0 Å². The SMILES string of the molecule is COc1cc2occ(-c3ccccc3)c2cc1/C(C)=C/C(=O)Nc1ccccc1F. The van der Waals surface area contributed by atoms with Crippen LogP contribution >= 0.6 is 0 Å². The molecule has 1 amide bonds. The molecule has 1 heterocycles. The van der Waals surface area contributed by atoms with Crippen LogP contribution in [0.2, 0.25) is 0 Å². The van der Waals surface area contributed by atoms with Crippen LogP contribution in [0.3, 0.4) is 0 Å². The lowest BCUT2D eigenvalue weighted by Gasteiger charge is -2.10. The lowest BCUT2D eigenvalue weighted by Crippen LogP contribution is -2.10. The minimum atomic E-state index is -0.484. The van der Waals surface area contributed by atoms with Gasteiger partial charge in [0.2, 0.25) is 5.91 Å². The molecule has 0 unspecified atom stereocenters. The molecule has 0 aliphatic carbocycles. The molecule has 150 valence electrons. The average molecular weight is 401 g/mol. The molecule has 0 radical (unpaired) electrons. The topological polar surface area (TPSA) is 51.5 Å². The molecule has 1 aromatic heterocycles. The van der Waals surface area contributed by atoms with Gasteiger partial charge < -0.3 is 14.5 Å². The van der Waals surface area contributed by atoms with Crippen molar-refractivity contribution in [2.75, 3.05) is 12.4 Å². The number of rotatable bonds is 5. The van der Waals surface area contributed by atoms with E-state index in [1.807, 2.05) is 49.4 Å². The van der Waals surface area contributed by atoms with Crippen LogP contribution in [0, 0.1) is 5.82 Å². The highest BCUT2D eigenvalue weighted by Crippen LogP contribution is 2.37. The first kappa shape index (κ1) is 19.5. The first-order chi connectivity index (χ1) is 14.6. The Hall–Kier alpha value is -3.86. The third-order valence-corrected chi connectivity index (χ3v) is 4.88. The highest BCUT2D eigenvalue weighted by atomic mass is 19.1. The molecule has 5 heteroatoms. The minimum Gasteiger partial charge on any atom is -0.496 e. The zero-order chi connectivity index (χ0) is 21.1. The van der Waals surface area contributed by atoms with Gasteiger partial charge in [-0.15, -0.1) is 0 Å². The lowest BCUT2D eigenvalue weighted by atomic mass is 9.99. The van der Waals surface area contributed by atoms with Crippen molar-refractivity contribution in [1.82, 2.24) is 0 Å². The molecule has 4 aromatic rings. The minimum absolute atomic E-state index is 0.134. The average Bonchev–Trinajstić information content (AvgIpc) is 3.18. The predicted octanol–water partition coefficient (Wildman–Crippen LogP) is 6.29. The second kappa shape index (κ2) is 8.25. The number of amides is 1. The summed E-state index contributed by atoms with van der Waals surface area (Å²) in [5.41, 5.74) is 4.26. The van der Waals surface area contributed by atoms with Crippen molar-refractivity contribution in [3.63, 3.8) is 0 Å². The van der Waals surface area contributed by atoms with E-state index >= 15 is 0 Å². The molecule has 0 saturated heterocycles. The van der Waals surface area contributed by atoms with Crippen LogP contribution in [0.4, 0.5) is 10.1 Å². The largest absolute Gasteiger partial charge is 0.496 e. The van der Waals surface area contributed by atoms with E-state index in [0.717, 1.165) is 22.1 Å². The van der Waals surface area contributed by atoms with E-state index in [1.54, 1.807) is 25.5 Å². The summed E-state index contributed by atoms with van der Waals surface area (Å²) in [6.07, 6.45) is 3.14. The first-order valence-corrected chi connectivity index (χ1v) is 9.45. The number of allylic oxidation sites excluding steroid dienone is 1. The molecule has 0 spiro atoms. The fraction of sp³-hybridized carbons (Fsp3) is 0.0800. The van der Waals surface area contributed by atoms with Crippen LogP contribution in [0.25, 0.3) is 27.7 Å². The van der Waals surface area contributed by atoms with Crippen molar-refractivity contribution in [1.29, 1.82) is 0 Å². The van der Waals surface area contributed by atoms with Crippen LogP contribution in [0.5, 0.6) is 5.75 Å². The number of hydrogen-bond donors (Lipinski definition) is 1. The van der Waals surface area contributed by atoms with Gasteiger partial charge in [-0.2, -0.15) is 0 Å². The van der Waals surface area contributed by atoms with Gasteiger partial charge in [-0.3, -0.25) is 4.79 Å². The summed E-state index contributed by atoms with van der Waals surface area (Å²) in [6, 6.07) is 19.7. The number of benzene rings is 3. The van der Waals surface area contributed by atoms with Crippen molar-refractivity contribution < 1.29 is 18.3 Å². The number of methoxy groups -OCH3 is 1. The summed E-state index contributed by atoms with van der Waals surface area (Å²) in [7, 11) is 1.57. The number of hydrogen-bond acceptors (Lipinski definition) is 3. The first-order valence-electron chi connectivity index (χ1n) is 9.45. The molecular formula is C25H20FNO3. The number of ether oxygens (including phenoxy) is 1. The van der Waals surface area contributed by atoms with Gasteiger partial charge in [-0.05, 0) is 36.3 Å². The fourth-order valence-electron chi connectivity index (χ4n) is 3.38. The van der Waals surface area contributed by atoms with Gasteiger partial charge in [-0.25, -0.2) is 4.39 Å². The molecule has 0 aliphatic rings. The molecule has 0 bridgehead atoms. The Bertz CT molecular complexity index is 1240. The third-order valence-electron chi connectivity index (χ3n) is 4.88. The molecule has 30 heavy (non-hydrogen) atoms. The van der Waals surface area contributed by atoms with Gasteiger partial charge in [0, 0.05) is 28.7 Å². The second-order valence-electron chi connectivity index (χ2n) is 6.86. The van der Waals surface area contributed by atoms with E-state index in [9.17, 15) is 9.18 Å². The van der Waals surface area contributed by atoms with Gasteiger partial charge in [0.15, 0.2) is 0 Å². The van der Waals surface area contributed by atoms with Crippen LogP contribution < -0.4 is 10.1 Å². The van der Waals surface area contributed by atoms with Gasteiger partial charge in [-0.1, -0.05) is 42.5 Å². The summed E-state index contributed by atoms with van der Waals surface area (Å²) in [4.78, 5) is 12.4. The van der Waals surface area contributed by atoms with E-state index in [2.05, 4.69) is 5.32 Å². The number of para-hydroxylation sites is 1. The molecule has 4 rings (SSSR count). The molecular weight excluding hydrogens is 381 g/mol. The monoisotopic (exact) mass is 401 g/mol. The van der Waals surface area contributed by atoms with E-state index in [4.69, 9.17) is 9.15 Å². The summed E-state index contributed by atoms with van der Waals surface area (Å²) < 4.78 is 25.1. The molecule has 3 aromatic carbocycles. The van der Waals surface area contributed by atoms with Crippen LogP contribution in [-0.2, 0) is 4.79 Å². The smallest absolute Gasteiger partial charge is 0.248 e. The number of carbonyl (C=O) groups excluding carboxylic acids is 1. The lowest BCUT2D eigenvalue weighted by molar-refractivity contribution is -0.111. The zero-order valence-corrected chi connectivity index (χ0v) is 16.6. The summed E-state index contributed by atoms with van der Waals surface area (Å²) >= 11 is 0. The van der Waals surface area contributed by atoms with E-state index in [0.29, 0.717) is 16.9 Å². The predicted molar refractivity (Wildman–Crippen MR) is 117 cm³/mol. The van der Waals surface area contributed by atoms with Crippen LogP contribution in [0.15, 0.2) is 83.5 Å². The van der Waals surface area contributed by atoms with Crippen molar-refractivity contribution in [2.45, 2.75) is 6.92 Å². The second-order valence-corrected chi connectivity index (χ2v) is 6.86. The Balaban J connectivity index is 1.72. The number of halogens is 1. The maximum absolute atomic E-state index is 13.8. The Labute approximate surface area is 173 Å². The Morgan fingerprint density at radius 1 is 1.07 bits per heavy atom. The van der Waals surface area contributed by atoms with Crippen molar-refractivity contribution in [2.24, 2.45) is 0 Å². The number of anilines is 1. The Kier molecular flexibility index (Phi) is 5.35. The highest BCUT2D eigenvalue weighted by molar-refractivity contribution is 6.05. The summed E-state index contributed by atoms with van der Waals surface area (Å²) in [6.45, 7) is 1.81. The summed E-state index contributed by atoms with van der Waals surface area (Å²) in [5, 5.41) is 3.48. The number of fused-ring (bicyclic) bond motifs is 1. The quantitative estimate of drug-likeness (QED) is 0.400. The number of carbonyl (C=O) groups is 1. The maximum atomic E-state index is 13.8. The van der Waals surface area contributed by atoms with Gasteiger partial charge in [0.05, 0.1) is 19.1 Å². The van der Waals surface area contributed by atoms with E-state index < -0.39 is 11.7 Å². The third kappa shape index (κ3) is 3.82. The van der Waals surface area contributed by atoms with Crippen molar-refractivity contribution in [3.8, 4) is 16.9 Å². The van der Waals surface area contributed by atoms with Crippen molar-refractivity contribution in [3.05, 3.63) is 90.4 Å². The molecule has 0 fully saturated rings. The Morgan fingerprint density at radius 2 is 1.80 bits per heavy atom. The molecule has 0 saturated carbocycles. The summed E-state index contributed by atoms with van der Waals surface area (Å²) in [5.74, 6) is -0.319. The van der Waals surface area contributed by atoms with Gasteiger partial charge in [0.1, 0.15) is 17.1 Å². The molecule has 0 atom stereocenters. The molecule has 0 aliphatic heterocycles. The highest BCUT2D eigenvalue weighted by Gasteiger charge is 2.15.